The van der Waals surface area contributed by atoms with Crippen molar-refractivity contribution in [1.82, 2.24) is 0 Å². The third-order valence-corrected chi connectivity index (χ3v) is 3.98. The van der Waals surface area contributed by atoms with Crippen molar-refractivity contribution in [1.29, 1.82) is 0 Å². The molecule has 1 unspecified atom stereocenters. The number of nitro benzene ring substituents is 1. The van der Waals surface area contributed by atoms with Crippen LogP contribution in [0.3, 0.4) is 0 Å². The highest BCUT2D eigenvalue weighted by atomic mass is 16.6. The summed E-state index contributed by atoms with van der Waals surface area (Å²) in [5, 5.41) is 11.1. The quantitative estimate of drug-likeness (QED) is 0.398. The minimum absolute atomic E-state index is 0.0681. The minimum Gasteiger partial charge on any atom is -0.462 e. The topological polar surface area (TPSA) is 116 Å². The molecule has 0 aromatic heterocycles. The Morgan fingerprint density at radius 2 is 1.66 bits per heavy atom. The van der Waals surface area contributed by atoms with Gasteiger partial charge in [0.15, 0.2) is 6.10 Å². The van der Waals surface area contributed by atoms with Gasteiger partial charge in [0.25, 0.3) is 11.6 Å². The van der Waals surface area contributed by atoms with Crippen LogP contribution in [0.4, 0.5) is 11.4 Å². The Hall–Kier alpha value is -3.75. The second kappa shape index (κ2) is 9.45. The van der Waals surface area contributed by atoms with Gasteiger partial charge in [0.2, 0.25) is 0 Å². The van der Waals surface area contributed by atoms with Crippen LogP contribution in [0, 0.1) is 10.1 Å². The summed E-state index contributed by atoms with van der Waals surface area (Å²) in [5.74, 6) is -2.26. The van der Waals surface area contributed by atoms with E-state index in [1.807, 2.05) is 0 Å². The van der Waals surface area contributed by atoms with Crippen LogP contribution in [0.25, 0.3) is 0 Å². The van der Waals surface area contributed by atoms with Gasteiger partial charge >= 0.3 is 11.9 Å². The van der Waals surface area contributed by atoms with Crippen molar-refractivity contribution in [3.05, 3.63) is 69.8 Å². The van der Waals surface area contributed by atoms with Crippen molar-refractivity contribution in [3.63, 3.8) is 0 Å². The summed E-state index contributed by atoms with van der Waals surface area (Å²) in [6.45, 7) is 3.04. The molecule has 0 fully saturated rings. The Kier molecular flexibility index (Phi) is 7.02. The van der Waals surface area contributed by atoms with E-state index >= 15 is 0 Å². The van der Waals surface area contributed by atoms with Crippen molar-refractivity contribution < 1.29 is 28.8 Å². The Morgan fingerprint density at radius 1 is 1.07 bits per heavy atom. The zero-order valence-corrected chi connectivity index (χ0v) is 16.2. The zero-order chi connectivity index (χ0) is 21.6. The summed E-state index contributed by atoms with van der Waals surface area (Å²) in [5.41, 5.74) is -0.249. The molecule has 0 N–H and O–H groups in total. The van der Waals surface area contributed by atoms with E-state index in [2.05, 4.69) is 0 Å². The number of amides is 1. The molecule has 2 aromatic carbocycles. The first kappa shape index (κ1) is 21.5. The summed E-state index contributed by atoms with van der Waals surface area (Å²) in [6, 6.07) is 11.9. The number of hydrogen-bond donors (Lipinski definition) is 0. The highest BCUT2D eigenvalue weighted by molar-refractivity contribution is 6.00. The van der Waals surface area contributed by atoms with Crippen molar-refractivity contribution in [2.24, 2.45) is 0 Å². The molecule has 0 aliphatic heterocycles. The zero-order valence-electron chi connectivity index (χ0n) is 16.2. The molecule has 0 heterocycles. The van der Waals surface area contributed by atoms with Gasteiger partial charge in [-0.15, -0.1) is 0 Å². The first-order chi connectivity index (χ1) is 13.7. The molecular weight excluding hydrogens is 380 g/mol. The summed E-state index contributed by atoms with van der Waals surface area (Å²) < 4.78 is 9.99. The van der Waals surface area contributed by atoms with Gasteiger partial charge in [-0.2, -0.15) is 0 Å². The molecule has 1 atom stereocenters. The maximum Gasteiger partial charge on any atom is 0.339 e. The number of nitrogens with zero attached hydrogens (tertiary/aromatic N) is 2. The van der Waals surface area contributed by atoms with Crippen LogP contribution in [0.5, 0.6) is 0 Å². The number of esters is 2. The van der Waals surface area contributed by atoms with Crippen molar-refractivity contribution in [2.45, 2.75) is 20.0 Å². The van der Waals surface area contributed by atoms with E-state index in [0.717, 1.165) is 18.2 Å². The van der Waals surface area contributed by atoms with Crippen molar-refractivity contribution >= 4 is 29.2 Å². The third kappa shape index (κ3) is 5.38. The van der Waals surface area contributed by atoms with E-state index in [9.17, 15) is 24.5 Å². The van der Waals surface area contributed by atoms with E-state index in [-0.39, 0.29) is 17.7 Å². The predicted molar refractivity (Wildman–Crippen MR) is 104 cm³/mol. The molecule has 0 saturated heterocycles. The monoisotopic (exact) mass is 400 g/mol. The van der Waals surface area contributed by atoms with Crippen LogP contribution in [0.15, 0.2) is 48.5 Å². The average molecular weight is 400 g/mol. The van der Waals surface area contributed by atoms with E-state index in [1.165, 1.54) is 18.9 Å². The smallest absolute Gasteiger partial charge is 0.339 e. The molecule has 0 aliphatic carbocycles. The number of non-ortho nitro benzene ring substituents is 1. The predicted octanol–water partition coefficient (Wildman–Crippen LogP) is 2.98. The number of likely N-dealkylation sites (N-methyl/N-ethyl adjacent to an activating group) is 1. The van der Waals surface area contributed by atoms with Gasteiger partial charge in [-0.05, 0) is 32.0 Å². The van der Waals surface area contributed by atoms with Gasteiger partial charge in [-0.1, -0.05) is 18.2 Å². The van der Waals surface area contributed by atoms with Crippen LogP contribution in [0.1, 0.15) is 34.6 Å². The molecule has 29 heavy (non-hydrogen) atoms. The molecule has 0 aliphatic rings. The Morgan fingerprint density at radius 3 is 2.21 bits per heavy atom. The second-order valence-corrected chi connectivity index (χ2v) is 6.03. The number of anilines is 1. The van der Waals surface area contributed by atoms with Crippen LogP contribution >= 0.6 is 0 Å². The van der Waals surface area contributed by atoms with Crippen LogP contribution in [0.2, 0.25) is 0 Å². The maximum absolute atomic E-state index is 12.5. The highest BCUT2D eigenvalue weighted by Crippen LogP contribution is 2.20. The Balaban J connectivity index is 2.21. The standard InChI is InChI=1S/C20H20N2O7/c1-4-28-19(24)14-10-15(12-17(11-14)22(26)27)20(25)29-13(2)18(23)21(3)16-8-6-5-7-9-16/h5-13H,4H2,1-3H3. The number of ether oxygens (including phenoxy) is 2. The van der Waals surface area contributed by atoms with E-state index in [4.69, 9.17) is 9.47 Å². The molecule has 2 aromatic rings. The molecule has 0 radical (unpaired) electrons. The molecule has 1 amide bonds. The second-order valence-electron chi connectivity index (χ2n) is 6.03. The number of nitro groups is 1. The van der Waals surface area contributed by atoms with Gasteiger partial charge in [0, 0.05) is 24.9 Å². The molecule has 152 valence electrons. The third-order valence-electron chi connectivity index (χ3n) is 3.98. The Labute approximate surface area is 167 Å². The van der Waals surface area contributed by atoms with Gasteiger partial charge in [0.1, 0.15) is 0 Å². The van der Waals surface area contributed by atoms with E-state index < -0.39 is 34.6 Å². The molecule has 2 rings (SSSR count). The highest BCUT2D eigenvalue weighted by Gasteiger charge is 2.25. The van der Waals surface area contributed by atoms with Gasteiger partial charge in [-0.25, -0.2) is 9.59 Å². The van der Waals surface area contributed by atoms with Crippen molar-refractivity contribution in [2.75, 3.05) is 18.6 Å². The molecule has 0 spiro atoms. The minimum atomic E-state index is -1.15. The number of carbonyl (C=O) groups excluding carboxylic acids is 3. The fraction of sp³-hybridized carbons (Fsp3) is 0.250. The average Bonchev–Trinajstić information content (AvgIpc) is 2.72. The number of rotatable bonds is 7. The fourth-order valence-corrected chi connectivity index (χ4v) is 2.50. The molecule has 9 nitrogen and oxygen atoms in total. The lowest BCUT2D eigenvalue weighted by Gasteiger charge is -2.21. The summed E-state index contributed by atoms with van der Waals surface area (Å²) in [7, 11) is 1.54. The van der Waals surface area contributed by atoms with Gasteiger partial charge < -0.3 is 14.4 Å². The number of benzene rings is 2. The first-order valence-corrected chi connectivity index (χ1v) is 8.74. The van der Waals surface area contributed by atoms with Crippen LogP contribution in [-0.4, -0.2) is 42.5 Å². The lowest BCUT2D eigenvalue weighted by molar-refractivity contribution is -0.384. The molecule has 0 saturated carbocycles. The Bertz CT molecular complexity index is 928. The molecule has 0 bridgehead atoms. The molecular formula is C20H20N2O7. The largest absolute Gasteiger partial charge is 0.462 e. The summed E-state index contributed by atoms with van der Waals surface area (Å²) in [4.78, 5) is 48.6. The lowest BCUT2D eigenvalue weighted by Crippen LogP contribution is -2.37. The van der Waals surface area contributed by atoms with Gasteiger partial charge in [-0.3, -0.25) is 14.9 Å². The first-order valence-electron chi connectivity index (χ1n) is 8.74. The number of hydrogen-bond acceptors (Lipinski definition) is 7. The van der Waals surface area contributed by atoms with E-state index in [1.54, 1.807) is 37.3 Å². The van der Waals surface area contributed by atoms with Gasteiger partial charge in [0.05, 0.1) is 22.7 Å². The van der Waals surface area contributed by atoms with Crippen molar-refractivity contribution in [3.8, 4) is 0 Å². The SMILES string of the molecule is CCOC(=O)c1cc(C(=O)OC(C)C(=O)N(C)c2ccccc2)cc([N+](=O)[O-])c1. The number of carbonyl (C=O) groups is 3. The van der Waals surface area contributed by atoms with Crippen LogP contribution < -0.4 is 4.90 Å². The number of para-hydroxylation sites is 1. The summed E-state index contributed by atoms with van der Waals surface area (Å²) >= 11 is 0. The maximum atomic E-state index is 12.5. The molecule has 9 heteroatoms. The normalized spacial score (nSPS) is 11.3. The van der Waals surface area contributed by atoms with Crippen LogP contribution in [-0.2, 0) is 14.3 Å². The fourth-order valence-electron chi connectivity index (χ4n) is 2.50. The lowest BCUT2D eigenvalue weighted by atomic mass is 10.1. The summed E-state index contributed by atoms with van der Waals surface area (Å²) in [6.07, 6.45) is -1.15. The van der Waals surface area contributed by atoms with E-state index in [0.29, 0.717) is 5.69 Å².